The number of hydrogen-bond donors (Lipinski definition) is 1. The van der Waals surface area contributed by atoms with Crippen molar-refractivity contribution < 1.29 is 9.59 Å². The first-order valence-electron chi connectivity index (χ1n) is 6.01. The SMILES string of the molecule is CC1CC(C)CN(C(=O)C(=O)Nn2cnnc2)C1. The molecule has 0 bridgehead atoms. The highest BCUT2D eigenvalue weighted by atomic mass is 16.2. The lowest BCUT2D eigenvalue weighted by Crippen LogP contribution is -2.48. The van der Waals surface area contributed by atoms with Crippen molar-refractivity contribution in [2.75, 3.05) is 18.5 Å². The Balaban J connectivity index is 1.96. The van der Waals surface area contributed by atoms with E-state index in [2.05, 4.69) is 29.5 Å². The molecule has 1 aliphatic heterocycles. The van der Waals surface area contributed by atoms with Gasteiger partial charge in [-0.1, -0.05) is 13.8 Å². The van der Waals surface area contributed by atoms with E-state index in [4.69, 9.17) is 0 Å². The van der Waals surface area contributed by atoms with Gasteiger partial charge in [-0.05, 0) is 18.3 Å². The average molecular weight is 251 g/mol. The Morgan fingerprint density at radius 2 is 1.72 bits per heavy atom. The number of piperidine rings is 1. The summed E-state index contributed by atoms with van der Waals surface area (Å²) in [5.74, 6) is -0.293. The lowest BCUT2D eigenvalue weighted by atomic mass is 9.92. The standard InChI is InChI=1S/C11H17N5O2/c1-8-3-9(2)5-15(4-8)11(18)10(17)14-16-6-12-13-7-16/h6-9H,3-5H2,1-2H3,(H,14,17). The molecule has 0 aliphatic carbocycles. The molecule has 2 atom stereocenters. The number of nitrogens with one attached hydrogen (secondary N) is 1. The van der Waals surface area contributed by atoms with Crippen LogP contribution in [0.2, 0.25) is 0 Å². The molecule has 1 aliphatic rings. The zero-order valence-corrected chi connectivity index (χ0v) is 10.5. The highest BCUT2D eigenvalue weighted by Gasteiger charge is 2.29. The van der Waals surface area contributed by atoms with Crippen LogP contribution in [0.15, 0.2) is 12.7 Å². The Kier molecular flexibility index (Phi) is 3.59. The van der Waals surface area contributed by atoms with E-state index in [0.29, 0.717) is 24.9 Å². The number of aromatic nitrogens is 3. The molecule has 0 radical (unpaired) electrons. The van der Waals surface area contributed by atoms with Gasteiger partial charge in [-0.25, -0.2) is 4.68 Å². The van der Waals surface area contributed by atoms with Crippen LogP contribution >= 0.6 is 0 Å². The first kappa shape index (κ1) is 12.5. The van der Waals surface area contributed by atoms with Crippen LogP contribution in [-0.4, -0.2) is 44.7 Å². The highest BCUT2D eigenvalue weighted by Crippen LogP contribution is 2.20. The summed E-state index contributed by atoms with van der Waals surface area (Å²) in [6.45, 7) is 5.46. The average Bonchev–Trinajstić information content (AvgIpc) is 2.79. The molecule has 7 heteroatoms. The topological polar surface area (TPSA) is 80.1 Å². The van der Waals surface area contributed by atoms with Crippen molar-refractivity contribution in [1.82, 2.24) is 19.8 Å². The maximum atomic E-state index is 12.0. The van der Waals surface area contributed by atoms with Gasteiger partial charge in [0.25, 0.3) is 0 Å². The molecule has 0 aromatic carbocycles. The maximum absolute atomic E-state index is 12.0. The monoisotopic (exact) mass is 251 g/mol. The van der Waals surface area contributed by atoms with Gasteiger partial charge in [-0.2, -0.15) is 0 Å². The predicted octanol–water partition coefficient (Wildman–Crippen LogP) is -0.147. The minimum atomic E-state index is -0.656. The molecule has 2 rings (SSSR count). The molecule has 98 valence electrons. The van der Waals surface area contributed by atoms with Crippen LogP contribution in [0.3, 0.4) is 0 Å². The molecule has 1 fully saturated rings. The summed E-state index contributed by atoms with van der Waals surface area (Å²) in [7, 11) is 0. The molecule has 2 amide bonds. The van der Waals surface area contributed by atoms with Crippen molar-refractivity contribution in [3.63, 3.8) is 0 Å². The summed E-state index contributed by atoms with van der Waals surface area (Å²) < 4.78 is 1.26. The smallest absolute Gasteiger partial charge is 0.328 e. The van der Waals surface area contributed by atoms with Crippen molar-refractivity contribution in [2.24, 2.45) is 11.8 Å². The number of likely N-dealkylation sites (tertiary alicyclic amines) is 1. The van der Waals surface area contributed by atoms with Crippen LogP contribution in [0.5, 0.6) is 0 Å². The Bertz CT molecular complexity index is 421. The van der Waals surface area contributed by atoms with E-state index in [1.807, 2.05) is 0 Å². The van der Waals surface area contributed by atoms with Gasteiger partial charge in [0.15, 0.2) is 0 Å². The summed E-state index contributed by atoms with van der Waals surface area (Å²) in [5.41, 5.74) is 2.41. The van der Waals surface area contributed by atoms with E-state index < -0.39 is 11.8 Å². The Morgan fingerprint density at radius 1 is 1.17 bits per heavy atom. The van der Waals surface area contributed by atoms with Crippen LogP contribution in [0, 0.1) is 11.8 Å². The first-order chi connectivity index (χ1) is 8.56. The van der Waals surface area contributed by atoms with E-state index in [0.717, 1.165) is 6.42 Å². The summed E-state index contributed by atoms with van der Waals surface area (Å²) >= 11 is 0. The fourth-order valence-corrected chi connectivity index (χ4v) is 2.40. The van der Waals surface area contributed by atoms with Crippen molar-refractivity contribution in [3.05, 3.63) is 12.7 Å². The Labute approximate surface area is 105 Å². The zero-order valence-electron chi connectivity index (χ0n) is 10.5. The molecule has 0 spiro atoms. The van der Waals surface area contributed by atoms with Gasteiger partial charge in [-0.3, -0.25) is 15.0 Å². The van der Waals surface area contributed by atoms with Crippen molar-refractivity contribution in [3.8, 4) is 0 Å². The molecular weight excluding hydrogens is 234 g/mol. The molecule has 1 aromatic heterocycles. The third kappa shape index (κ3) is 2.85. The van der Waals surface area contributed by atoms with E-state index >= 15 is 0 Å². The molecule has 7 nitrogen and oxygen atoms in total. The minimum Gasteiger partial charge on any atom is -0.334 e. The minimum absolute atomic E-state index is 0.431. The normalized spacial score (nSPS) is 23.8. The van der Waals surface area contributed by atoms with Gasteiger partial charge in [0.05, 0.1) is 0 Å². The van der Waals surface area contributed by atoms with Crippen LogP contribution < -0.4 is 5.43 Å². The van der Waals surface area contributed by atoms with Crippen LogP contribution in [-0.2, 0) is 9.59 Å². The van der Waals surface area contributed by atoms with Gasteiger partial charge in [0.1, 0.15) is 12.7 Å². The van der Waals surface area contributed by atoms with E-state index in [9.17, 15) is 9.59 Å². The summed E-state index contributed by atoms with van der Waals surface area (Å²) in [6.07, 6.45) is 3.75. The Hall–Kier alpha value is -1.92. The van der Waals surface area contributed by atoms with Gasteiger partial charge in [0.2, 0.25) is 0 Å². The second-order valence-corrected chi connectivity index (χ2v) is 4.97. The maximum Gasteiger partial charge on any atom is 0.328 e. The molecule has 0 saturated carbocycles. The highest BCUT2D eigenvalue weighted by molar-refractivity contribution is 6.38. The molecule has 1 aromatic rings. The third-order valence-corrected chi connectivity index (χ3v) is 3.00. The lowest BCUT2D eigenvalue weighted by molar-refractivity contribution is -0.145. The first-order valence-corrected chi connectivity index (χ1v) is 6.01. The number of carbonyl (C=O) groups excluding carboxylic acids is 2. The molecule has 2 unspecified atom stereocenters. The molecule has 1 N–H and O–H groups in total. The number of rotatable bonds is 1. The fourth-order valence-electron chi connectivity index (χ4n) is 2.40. The van der Waals surface area contributed by atoms with Gasteiger partial charge in [0, 0.05) is 13.1 Å². The molecule has 2 heterocycles. The fraction of sp³-hybridized carbons (Fsp3) is 0.636. The largest absolute Gasteiger partial charge is 0.334 e. The lowest BCUT2D eigenvalue weighted by Gasteiger charge is -2.34. The third-order valence-electron chi connectivity index (χ3n) is 3.00. The molecule has 18 heavy (non-hydrogen) atoms. The van der Waals surface area contributed by atoms with Crippen LogP contribution in [0.4, 0.5) is 0 Å². The van der Waals surface area contributed by atoms with Gasteiger partial charge >= 0.3 is 11.8 Å². The van der Waals surface area contributed by atoms with Crippen molar-refractivity contribution in [2.45, 2.75) is 20.3 Å². The van der Waals surface area contributed by atoms with E-state index in [-0.39, 0.29) is 0 Å². The number of carbonyl (C=O) groups is 2. The summed E-state index contributed by atoms with van der Waals surface area (Å²) in [4.78, 5) is 25.3. The van der Waals surface area contributed by atoms with E-state index in [1.165, 1.54) is 17.3 Å². The number of nitrogens with zero attached hydrogens (tertiary/aromatic N) is 4. The van der Waals surface area contributed by atoms with Gasteiger partial charge < -0.3 is 4.90 Å². The van der Waals surface area contributed by atoms with Crippen LogP contribution in [0.25, 0.3) is 0 Å². The van der Waals surface area contributed by atoms with Gasteiger partial charge in [-0.15, -0.1) is 10.2 Å². The van der Waals surface area contributed by atoms with E-state index in [1.54, 1.807) is 4.90 Å². The molecule has 1 saturated heterocycles. The second-order valence-electron chi connectivity index (χ2n) is 4.97. The zero-order chi connectivity index (χ0) is 13.1. The Morgan fingerprint density at radius 3 is 2.28 bits per heavy atom. The van der Waals surface area contributed by atoms with Crippen molar-refractivity contribution in [1.29, 1.82) is 0 Å². The number of hydrogen-bond acceptors (Lipinski definition) is 4. The summed E-state index contributed by atoms with van der Waals surface area (Å²) in [6, 6.07) is 0. The van der Waals surface area contributed by atoms with Crippen LogP contribution in [0.1, 0.15) is 20.3 Å². The second kappa shape index (κ2) is 5.16. The van der Waals surface area contributed by atoms with Crippen molar-refractivity contribution >= 4 is 11.8 Å². The quantitative estimate of drug-likeness (QED) is 0.704. The summed E-state index contributed by atoms with van der Waals surface area (Å²) in [5, 5.41) is 7.09. The predicted molar refractivity (Wildman–Crippen MR) is 63.9 cm³/mol. The molecular formula is C11H17N5O2. The number of amides is 2.